The lowest BCUT2D eigenvalue weighted by Gasteiger charge is -2.16. The molecule has 1 N–H and O–H groups in total. The predicted octanol–water partition coefficient (Wildman–Crippen LogP) is 2.13. The van der Waals surface area contributed by atoms with Crippen LogP contribution < -0.4 is 4.74 Å². The van der Waals surface area contributed by atoms with Gasteiger partial charge in [0.2, 0.25) is 6.10 Å². The third-order valence-electron chi connectivity index (χ3n) is 2.08. The maximum Gasteiger partial charge on any atom is 0.347 e. The van der Waals surface area contributed by atoms with Gasteiger partial charge in [0.15, 0.2) is 0 Å². The third-order valence-corrected chi connectivity index (χ3v) is 2.49. The van der Waals surface area contributed by atoms with E-state index in [1.54, 1.807) is 25.1 Å². The predicted molar refractivity (Wildman–Crippen MR) is 60.1 cm³/mol. The fourth-order valence-corrected chi connectivity index (χ4v) is 1.34. The fourth-order valence-electron chi connectivity index (χ4n) is 1.18. The zero-order valence-corrected chi connectivity index (χ0v) is 9.82. The number of halogens is 1. The van der Waals surface area contributed by atoms with Crippen LogP contribution in [0.2, 0.25) is 5.02 Å². The lowest BCUT2D eigenvalue weighted by atomic mass is 10.2. The maximum atomic E-state index is 10.9. The Kier molecular flexibility index (Phi) is 4.58. The van der Waals surface area contributed by atoms with Gasteiger partial charge in [-0.1, -0.05) is 17.7 Å². The number of carboxylic acid groups (broad SMARTS) is 1. The van der Waals surface area contributed by atoms with Crippen molar-refractivity contribution in [2.75, 3.05) is 13.7 Å². The van der Waals surface area contributed by atoms with E-state index in [4.69, 9.17) is 26.2 Å². The van der Waals surface area contributed by atoms with Crippen molar-refractivity contribution in [3.05, 3.63) is 28.8 Å². The van der Waals surface area contributed by atoms with E-state index in [-0.39, 0.29) is 6.61 Å². The molecule has 0 radical (unpaired) electrons. The lowest BCUT2D eigenvalue weighted by molar-refractivity contribution is -0.147. The van der Waals surface area contributed by atoms with Crippen molar-refractivity contribution in [2.45, 2.75) is 13.0 Å². The average Bonchev–Trinajstić information content (AvgIpc) is 2.23. The first-order valence-electron chi connectivity index (χ1n) is 4.69. The summed E-state index contributed by atoms with van der Waals surface area (Å²) in [4.78, 5) is 10.9. The van der Waals surface area contributed by atoms with Crippen LogP contribution in [0.5, 0.6) is 5.75 Å². The van der Waals surface area contributed by atoms with Crippen molar-refractivity contribution in [2.24, 2.45) is 0 Å². The number of ether oxygens (including phenoxy) is 2. The maximum absolute atomic E-state index is 10.9. The molecule has 88 valence electrons. The van der Waals surface area contributed by atoms with Crippen LogP contribution >= 0.6 is 11.6 Å². The highest BCUT2D eigenvalue weighted by Gasteiger charge is 2.20. The van der Waals surface area contributed by atoms with Gasteiger partial charge in [-0.25, -0.2) is 4.79 Å². The van der Waals surface area contributed by atoms with Crippen LogP contribution in [0.3, 0.4) is 0 Å². The molecule has 0 heterocycles. The number of hydrogen-bond acceptors (Lipinski definition) is 3. The Morgan fingerprint density at radius 1 is 1.56 bits per heavy atom. The molecule has 0 fully saturated rings. The number of aliphatic carboxylic acids is 1. The molecule has 5 heteroatoms. The Morgan fingerprint density at radius 2 is 2.25 bits per heavy atom. The van der Waals surface area contributed by atoms with E-state index < -0.39 is 12.1 Å². The molecule has 1 atom stereocenters. The summed E-state index contributed by atoms with van der Waals surface area (Å²) in [6.07, 6.45) is -1.03. The number of carbonyl (C=O) groups is 1. The normalized spacial score (nSPS) is 12.2. The van der Waals surface area contributed by atoms with E-state index in [1.165, 1.54) is 7.11 Å². The largest absolute Gasteiger partial charge is 0.478 e. The molecule has 0 aliphatic carbocycles. The molecule has 0 aliphatic rings. The van der Waals surface area contributed by atoms with Crippen LogP contribution in [0.1, 0.15) is 5.56 Å². The van der Waals surface area contributed by atoms with Crippen LogP contribution in [-0.4, -0.2) is 30.9 Å². The first kappa shape index (κ1) is 12.8. The van der Waals surface area contributed by atoms with E-state index in [1.807, 2.05) is 0 Å². The van der Waals surface area contributed by atoms with E-state index in [0.29, 0.717) is 16.3 Å². The van der Waals surface area contributed by atoms with Crippen molar-refractivity contribution < 1.29 is 19.4 Å². The molecule has 0 aromatic heterocycles. The second-order valence-corrected chi connectivity index (χ2v) is 3.67. The van der Waals surface area contributed by atoms with Gasteiger partial charge in [0, 0.05) is 17.7 Å². The number of rotatable bonds is 5. The Bertz CT molecular complexity index is 378. The fraction of sp³-hybridized carbons (Fsp3) is 0.364. The van der Waals surface area contributed by atoms with Crippen LogP contribution in [0.25, 0.3) is 0 Å². The minimum atomic E-state index is -1.07. The second kappa shape index (κ2) is 5.72. The molecule has 0 bridgehead atoms. The highest BCUT2D eigenvalue weighted by molar-refractivity contribution is 6.31. The molecule has 0 amide bonds. The monoisotopic (exact) mass is 244 g/mol. The molecule has 4 nitrogen and oxygen atoms in total. The number of hydrogen-bond donors (Lipinski definition) is 1. The molecule has 1 rings (SSSR count). The number of carboxylic acids is 1. The first-order valence-corrected chi connectivity index (χ1v) is 5.07. The topological polar surface area (TPSA) is 55.8 Å². The quantitative estimate of drug-likeness (QED) is 0.862. The lowest BCUT2D eigenvalue weighted by Crippen LogP contribution is -2.31. The Balaban J connectivity index is 2.85. The van der Waals surface area contributed by atoms with Crippen LogP contribution in [0, 0.1) is 6.92 Å². The summed E-state index contributed by atoms with van der Waals surface area (Å²) in [6.45, 7) is 1.75. The summed E-state index contributed by atoms with van der Waals surface area (Å²) >= 11 is 5.90. The van der Waals surface area contributed by atoms with Crippen LogP contribution in [-0.2, 0) is 9.53 Å². The molecular formula is C11H13ClO4. The van der Waals surface area contributed by atoms with Gasteiger partial charge in [-0.2, -0.15) is 0 Å². The molecular weight excluding hydrogens is 232 g/mol. The highest BCUT2D eigenvalue weighted by Crippen LogP contribution is 2.25. The van der Waals surface area contributed by atoms with Gasteiger partial charge < -0.3 is 14.6 Å². The van der Waals surface area contributed by atoms with Crippen molar-refractivity contribution >= 4 is 17.6 Å². The van der Waals surface area contributed by atoms with Crippen molar-refractivity contribution in [3.63, 3.8) is 0 Å². The average molecular weight is 245 g/mol. The van der Waals surface area contributed by atoms with Gasteiger partial charge in [0.05, 0.1) is 6.61 Å². The smallest absolute Gasteiger partial charge is 0.347 e. The molecule has 1 aromatic carbocycles. The van der Waals surface area contributed by atoms with E-state index in [9.17, 15) is 4.79 Å². The summed E-state index contributed by atoms with van der Waals surface area (Å²) in [5, 5.41) is 9.43. The summed E-state index contributed by atoms with van der Waals surface area (Å²) in [6, 6.07) is 5.10. The SMILES string of the molecule is COCC(Oc1cccc(Cl)c1C)C(=O)O. The van der Waals surface area contributed by atoms with Gasteiger partial charge in [-0.05, 0) is 19.1 Å². The van der Waals surface area contributed by atoms with Crippen molar-refractivity contribution in [1.29, 1.82) is 0 Å². The van der Waals surface area contributed by atoms with Crippen molar-refractivity contribution in [1.82, 2.24) is 0 Å². The Labute approximate surface area is 98.7 Å². The van der Waals surface area contributed by atoms with Gasteiger partial charge in [-0.15, -0.1) is 0 Å². The molecule has 0 aliphatic heterocycles. The minimum absolute atomic E-state index is 0.0126. The highest BCUT2D eigenvalue weighted by atomic mass is 35.5. The molecule has 0 spiro atoms. The van der Waals surface area contributed by atoms with E-state index in [2.05, 4.69) is 0 Å². The number of methoxy groups -OCH3 is 1. The van der Waals surface area contributed by atoms with Gasteiger partial charge >= 0.3 is 5.97 Å². The summed E-state index contributed by atoms with van der Waals surface area (Å²) in [5.41, 5.74) is 0.714. The molecule has 1 aromatic rings. The van der Waals surface area contributed by atoms with Gasteiger partial charge in [-0.3, -0.25) is 0 Å². The van der Waals surface area contributed by atoms with E-state index >= 15 is 0 Å². The second-order valence-electron chi connectivity index (χ2n) is 3.26. The first-order chi connectivity index (χ1) is 7.56. The summed E-state index contributed by atoms with van der Waals surface area (Å²) in [5.74, 6) is -0.613. The Hall–Kier alpha value is -1.26. The molecule has 0 saturated carbocycles. The summed E-state index contributed by atoms with van der Waals surface area (Å²) < 4.78 is 10.1. The van der Waals surface area contributed by atoms with Gasteiger partial charge in [0.1, 0.15) is 5.75 Å². The zero-order chi connectivity index (χ0) is 12.1. The molecule has 16 heavy (non-hydrogen) atoms. The van der Waals surface area contributed by atoms with Gasteiger partial charge in [0.25, 0.3) is 0 Å². The van der Waals surface area contributed by atoms with Crippen LogP contribution in [0.15, 0.2) is 18.2 Å². The van der Waals surface area contributed by atoms with E-state index in [0.717, 1.165) is 0 Å². The van der Waals surface area contributed by atoms with Crippen LogP contribution in [0.4, 0.5) is 0 Å². The zero-order valence-electron chi connectivity index (χ0n) is 9.07. The Morgan fingerprint density at radius 3 is 2.81 bits per heavy atom. The summed E-state index contributed by atoms with van der Waals surface area (Å²) in [7, 11) is 1.42. The molecule has 0 saturated heterocycles. The minimum Gasteiger partial charge on any atom is -0.478 e. The number of benzene rings is 1. The standard InChI is InChI=1S/C11H13ClO4/c1-7-8(12)4-3-5-9(7)16-10(6-15-2)11(13)14/h3-5,10H,6H2,1-2H3,(H,13,14). The molecule has 1 unspecified atom stereocenters. The van der Waals surface area contributed by atoms with Crippen molar-refractivity contribution in [3.8, 4) is 5.75 Å². The third kappa shape index (κ3) is 3.12.